The Morgan fingerprint density at radius 3 is 2.55 bits per heavy atom. The third-order valence-electron chi connectivity index (χ3n) is 2.92. The maximum Gasteiger partial charge on any atom is 0.224 e. The zero-order valence-electron chi connectivity index (χ0n) is 11.5. The number of nitrogens with one attached hydrogen (secondary N) is 1. The number of carbonyl (C=O) groups is 1. The molecule has 1 aromatic heterocycles. The second-order valence-electron chi connectivity index (χ2n) is 4.57. The van der Waals surface area contributed by atoms with E-state index in [1.54, 1.807) is 12.3 Å². The number of rotatable bonds is 5. The molecule has 0 saturated heterocycles. The predicted molar refractivity (Wildman–Crippen MR) is 76.7 cm³/mol. The summed E-state index contributed by atoms with van der Waals surface area (Å²) in [5.41, 5.74) is 8.38. The van der Waals surface area contributed by atoms with Gasteiger partial charge in [0.1, 0.15) is 5.82 Å². The van der Waals surface area contributed by atoms with Gasteiger partial charge in [-0.05, 0) is 24.1 Å². The van der Waals surface area contributed by atoms with Gasteiger partial charge in [-0.3, -0.25) is 4.79 Å². The quantitative estimate of drug-likeness (QED) is 0.852. The van der Waals surface area contributed by atoms with Crippen LogP contribution in [0.1, 0.15) is 22.6 Å². The summed E-state index contributed by atoms with van der Waals surface area (Å²) in [6.45, 7) is 2.76. The molecule has 0 atom stereocenters. The number of aromatic nitrogens is 2. The van der Waals surface area contributed by atoms with Crippen LogP contribution in [0.15, 0.2) is 36.5 Å². The fraction of sp³-hybridized carbons (Fsp3) is 0.267. The second kappa shape index (κ2) is 6.77. The highest BCUT2D eigenvalue weighted by Gasteiger charge is 2.04. The third kappa shape index (κ3) is 4.13. The van der Waals surface area contributed by atoms with Crippen LogP contribution in [-0.4, -0.2) is 15.9 Å². The zero-order valence-corrected chi connectivity index (χ0v) is 11.5. The molecule has 0 aliphatic rings. The molecule has 2 rings (SSSR count). The van der Waals surface area contributed by atoms with Crippen molar-refractivity contribution in [2.45, 2.75) is 26.4 Å². The van der Waals surface area contributed by atoms with Gasteiger partial charge in [-0.25, -0.2) is 9.97 Å². The van der Waals surface area contributed by atoms with Gasteiger partial charge in [-0.15, -0.1) is 0 Å². The van der Waals surface area contributed by atoms with Crippen molar-refractivity contribution >= 4 is 5.91 Å². The molecule has 0 aliphatic carbocycles. The standard InChI is InChI=1S/C15H18N4O/c1-11-17-7-6-14(19-11)10-18-15(20)8-12-2-4-13(9-16)5-3-12/h2-7H,8-10,16H2,1H3,(H,18,20). The van der Waals surface area contributed by atoms with E-state index in [1.165, 1.54) is 0 Å². The topological polar surface area (TPSA) is 80.9 Å². The molecule has 0 saturated carbocycles. The van der Waals surface area contributed by atoms with Gasteiger partial charge in [0.15, 0.2) is 0 Å². The van der Waals surface area contributed by atoms with Crippen molar-refractivity contribution in [3.8, 4) is 0 Å². The number of nitrogens with two attached hydrogens (primary N) is 1. The van der Waals surface area contributed by atoms with Gasteiger partial charge in [-0.2, -0.15) is 0 Å². The van der Waals surface area contributed by atoms with Crippen LogP contribution in [0.4, 0.5) is 0 Å². The number of carbonyl (C=O) groups excluding carboxylic acids is 1. The highest BCUT2D eigenvalue weighted by Crippen LogP contribution is 2.04. The molecule has 0 bridgehead atoms. The molecule has 104 valence electrons. The Labute approximate surface area is 118 Å². The molecule has 1 amide bonds. The first-order valence-electron chi connectivity index (χ1n) is 6.50. The number of benzene rings is 1. The van der Waals surface area contributed by atoms with Gasteiger partial charge in [0, 0.05) is 12.7 Å². The Kier molecular flexibility index (Phi) is 4.79. The van der Waals surface area contributed by atoms with E-state index in [4.69, 9.17) is 5.73 Å². The summed E-state index contributed by atoms with van der Waals surface area (Å²) in [7, 11) is 0. The molecule has 0 unspecified atom stereocenters. The number of aryl methyl sites for hydroxylation is 1. The van der Waals surface area contributed by atoms with E-state index in [-0.39, 0.29) is 5.91 Å². The van der Waals surface area contributed by atoms with E-state index in [1.807, 2.05) is 31.2 Å². The molecule has 0 radical (unpaired) electrons. The smallest absolute Gasteiger partial charge is 0.224 e. The molecule has 1 aromatic carbocycles. The van der Waals surface area contributed by atoms with Gasteiger partial charge < -0.3 is 11.1 Å². The normalized spacial score (nSPS) is 10.3. The number of amides is 1. The van der Waals surface area contributed by atoms with E-state index in [0.717, 1.165) is 16.8 Å². The van der Waals surface area contributed by atoms with Crippen LogP contribution in [-0.2, 0) is 24.3 Å². The molecule has 0 spiro atoms. The van der Waals surface area contributed by atoms with Gasteiger partial charge in [0.2, 0.25) is 5.91 Å². The lowest BCUT2D eigenvalue weighted by atomic mass is 10.1. The van der Waals surface area contributed by atoms with E-state index >= 15 is 0 Å². The molecule has 2 aromatic rings. The summed E-state index contributed by atoms with van der Waals surface area (Å²) in [6, 6.07) is 9.53. The van der Waals surface area contributed by atoms with Crippen molar-refractivity contribution < 1.29 is 4.79 Å². The molecular formula is C15H18N4O. The van der Waals surface area contributed by atoms with Crippen LogP contribution < -0.4 is 11.1 Å². The maximum absolute atomic E-state index is 11.8. The average molecular weight is 270 g/mol. The Balaban J connectivity index is 1.85. The summed E-state index contributed by atoms with van der Waals surface area (Å²) in [6.07, 6.45) is 2.05. The van der Waals surface area contributed by atoms with Gasteiger partial charge in [-0.1, -0.05) is 24.3 Å². The van der Waals surface area contributed by atoms with Crippen molar-refractivity contribution in [1.29, 1.82) is 0 Å². The largest absolute Gasteiger partial charge is 0.350 e. The van der Waals surface area contributed by atoms with Gasteiger partial charge in [0.25, 0.3) is 0 Å². The van der Waals surface area contributed by atoms with Crippen molar-refractivity contribution in [3.05, 3.63) is 59.2 Å². The lowest BCUT2D eigenvalue weighted by Crippen LogP contribution is -2.25. The molecule has 5 heteroatoms. The zero-order chi connectivity index (χ0) is 14.4. The molecule has 0 aliphatic heterocycles. The Morgan fingerprint density at radius 1 is 1.20 bits per heavy atom. The summed E-state index contributed by atoms with van der Waals surface area (Å²) in [5.74, 6) is 0.677. The fourth-order valence-electron chi connectivity index (χ4n) is 1.83. The highest BCUT2D eigenvalue weighted by molar-refractivity contribution is 5.78. The van der Waals surface area contributed by atoms with Crippen LogP contribution in [0.2, 0.25) is 0 Å². The lowest BCUT2D eigenvalue weighted by Gasteiger charge is -2.06. The number of hydrogen-bond donors (Lipinski definition) is 2. The van der Waals surface area contributed by atoms with Crippen molar-refractivity contribution in [2.75, 3.05) is 0 Å². The molecule has 5 nitrogen and oxygen atoms in total. The van der Waals surface area contributed by atoms with Crippen LogP contribution >= 0.6 is 0 Å². The summed E-state index contributed by atoms with van der Waals surface area (Å²) in [5, 5.41) is 2.85. The SMILES string of the molecule is Cc1nccc(CNC(=O)Cc2ccc(CN)cc2)n1. The summed E-state index contributed by atoms with van der Waals surface area (Å²) < 4.78 is 0. The molecule has 3 N–H and O–H groups in total. The van der Waals surface area contributed by atoms with E-state index in [2.05, 4.69) is 15.3 Å². The van der Waals surface area contributed by atoms with Crippen molar-refractivity contribution in [3.63, 3.8) is 0 Å². The minimum Gasteiger partial charge on any atom is -0.350 e. The van der Waals surface area contributed by atoms with E-state index < -0.39 is 0 Å². The van der Waals surface area contributed by atoms with Gasteiger partial charge in [0.05, 0.1) is 18.7 Å². The van der Waals surface area contributed by atoms with E-state index in [9.17, 15) is 4.79 Å². The summed E-state index contributed by atoms with van der Waals surface area (Å²) >= 11 is 0. The Morgan fingerprint density at radius 2 is 1.90 bits per heavy atom. The molecule has 1 heterocycles. The highest BCUT2D eigenvalue weighted by atomic mass is 16.1. The Bertz CT molecular complexity index is 581. The van der Waals surface area contributed by atoms with E-state index in [0.29, 0.717) is 25.3 Å². The lowest BCUT2D eigenvalue weighted by molar-refractivity contribution is -0.120. The van der Waals surface area contributed by atoms with Crippen molar-refractivity contribution in [2.24, 2.45) is 5.73 Å². The average Bonchev–Trinajstić information content (AvgIpc) is 2.46. The Hall–Kier alpha value is -2.27. The van der Waals surface area contributed by atoms with Crippen LogP contribution in [0.3, 0.4) is 0 Å². The maximum atomic E-state index is 11.8. The van der Waals surface area contributed by atoms with Crippen molar-refractivity contribution in [1.82, 2.24) is 15.3 Å². The summed E-state index contributed by atoms with van der Waals surface area (Å²) in [4.78, 5) is 20.1. The number of nitrogens with zero attached hydrogens (tertiary/aromatic N) is 2. The first-order chi connectivity index (χ1) is 9.67. The number of hydrogen-bond acceptors (Lipinski definition) is 4. The molecular weight excluding hydrogens is 252 g/mol. The molecule has 0 fully saturated rings. The predicted octanol–water partition coefficient (Wildman–Crippen LogP) is 1.10. The van der Waals surface area contributed by atoms with Crippen LogP contribution in [0, 0.1) is 6.92 Å². The molecule has 20 heavy (non-hydrogen) atoms. The fourth-order valence-corrected chi connectivity index (χ4v) is 1.83. The van der Waals surface area contributed by atoms with Gasteiger partial charge >= 0.3 is 0 Å². The minimum absolute atomic E-state index is 0.0261. The first kappa shape index (κ1) is 14.1. The minimum atomic E-state index is -0.0261. The second-order valence-corrected chi connectivity index (χ2v) is 4.57. The van der Waals surface area contributed by atoms with Crippen LogP contribution in [0.25, 0.3) is 0 Å². The van der Waals surface area contributed by atoms with Crippen LogP contribution in [0.5, 0.6) is 0 Å². The third-order valence-corrected chi connectivity index (χ3v) is 2.92. The first-order valence-corrected chi connectivity index (χ1v) is 6.50. The monoisotopic (exact) mass is 270 g/mol.